The number of carbonyl (C=O) groups is 1. The molecule has 34 heavy (non-hydrogen) atoms. The highest BCUT2D eigenvalue weighted by atomic mass is 32.1. The van der Waals surface area contributed by atoms with Gasteiger partial charge in [0, 0.05) is 5.56 Å². The Balaban J connectivity index is 1.64. The number of benzene rings is 3. The third-order valence-electron chi connectivity index (χ3n) is 5.40. The molecule has 0 radical (unpaired) electrons. The number of aromatic nitrogens is 1. The first-order valence-corrected chi connectivity index (χ1v) is 11.3. The van der Waals surface area contributed by atoms with Gasteiger partial charge in [-0.05, 0) is 35.9 Å². The van der Waals surface area contributed by atoms with E-state index in [1.807, 2.05) is 60.7 Å². The Hall–Kier alpha value is -4.17. The molecule has 1 amide bonds. The second-order valence-corrected chi connectivity index (χ2v) is 8.37. The Morgan fingerprint density at radius 1 is 0.853 bits per heavy atom. The van der Waals surface area contributed by atoms with E-state index in [0.717, 1.165) is 21.6 Å². The molecule has 0 saturated carbocycles. The van der Waals surface area contributed by atoms with Gasteiger partial charge in [-0.3, -0.25) is 4.79 Å². The molecular formula is C26H21N3O4S. The van der Waals surface area contributed by atoms with Crippen LogP contribution in [0, 0.1) is 0 Å². The minimum absolute atomic E-state index is 0.258. The van der Waals surface area contributed by atoms with E-state index < -0.39 is 0 Å². The fraction of sp³-hybridized carbons (Fsp3) is 0.115. The predicted molar refractivity (Wildman–Crippen MR) is 134 cm³/mol. The molecule has 0 saturated heterocycles. The van der Waals surface area contributed by atoms with E-state index in [2.05, 4.69) is 0 Å². The van der Waals surface area contributed by atoms with Crippen LogP contribution in [0.25, 0.3) is 16.3 Å². The normalized spacial score (nSPS) is 14.6. The summed E-state index contributed by atoms with van der Waals surface area (Å²) in [5.41, 5.74) is 2.61. The van der Waals surface area contributed by atoms with Gasteiger partial charge in [-0.25, -0.2) is 14.9 Å². The maximum atomic E-state index is 13.6. The second-order valence-electron chi connectivity index (χ2n) is 7.39. The molecular weight excluding hydrogens is 450 g/mol. The zero-order valence-electron chi connectivity index (χ0n) is 18.8. The summed E-state index contributed by atoms with van der Waals surface area (Å²) in [7, 11) is 4.81. The fourth-order valence-corrected chi connectivity index (χ4v) is 4.78. The van der Waals surface area contributed by atoms with Gasteiger partial charge in [0.1, 0.15) is 39.0 Å². The van der Waals surface area contributed by atoms with Gasteiger partial charge in [-0.15, -0.1) is 0 Å². The predicted octanol–water partition coefficient (Wildman–Crippen LogP) is 5.16. The Morgan fingerprint density at radius 3 is 2.24 bits per heavy atom. The summed E-state index contributed by atoms with van der Waals surface area (Å²) in [5, 5.41) is 0.489. The molecule has 0 atom stereocenters. The zero-order valence-corrected chi connectivity index (χ0v) is 19.6. The molecule has 3 aromatic carbocycles. The Morgan fingerprint density at radius 2 is 1.56 bits per heavy atom. The third-order valence-corrected chi connectivity index (χ3v) is 6.46. The molecule has 4 aromatic rings. The molecule has 0 spiro atoms. The van der Waals surface area contributed by atoms with E-state index >= 15 is 0 Å². The lowest BCUT2D eigenvalue weighted by atomic mass is 10.2. The van der Waals surface area contributed by atoms with E-state index in [4.69, 9.17) is 24.2 Å². The second kappa shape index (κ2) is 8.99. The van der Waals surface area contributed by atoms with Crippen LogP contribution < -0.4 is 19.1 Å². The van der Waals surface area contributed by atoms with Crippen LogP contribution in [0.2, 0.25) is 0 Å². The fourth-order valence-electron chi connectivity index (χ4n) is 3.70. The molecule has 0 unspecified atom stereocenters. The molecule has 0 aliphatic carbocycles. The van der Waals surface area contributed by atoms with E-state index in [9.17, 15) is 4.79 Å². The van der Waals surface area contributed by atoms with Gasteiger partial charge in [0.25, 0.3) is 5.91 Å². The number of carbonyl (C=O) groups excluding carboxylic acids is 1. The molecule has 2 heterocycles. The number of amides is 1. The monoisotopic (exact) mass is 471 g/mol. The van der Waals surface area contributed by atoms with Gasteiger partial charge in [-0.2, -0.15) is 0 Å². The lowest BCUT2D eigenvalue weighted by Gasteiger charge is -2.14. The van der Waals surface area contributed by atoms with Gasteiger partial charge in [0.15, 0.2) is 5.13 Å². The van der Waals surface area contributed by atoms with Crippen LogP contribution in [0.4, 0.5) is 5.13 Å². The van der Waals surface area contributed by atoms with Crippen molar-refractivity contribution in [3.05, 3.63) is 83.6 Å². The standard InChI is InChI=1S/C26H21N3O4S/c1-31-18-11-9-16(10-12-18)15-19-25(30)29(24(27-19)17-7-5-4-6-8-17)26-28-22-20(32-2)13-14-21(33-3)23(22)34-26/h4-15H,1-3H3. The van der Waals surface area contributed by atoms with Crippen molar-refractivity contribution in [1.29, 1.82) is 0 Å². The highest BCUT2D eigenvalue weighted by Gasteiger charge is 2.35. The Labute approximate surface area is 200 Å². The number of thiazole rings is 1. The number of anilines is 1. The van der Waals surface area contributed by atoms with E-state index in [1.165, 1.54) is 11.3 Å². The first-order valence-electron chi connectivity index (χ1n) is 10.5. The van der Waals surface area contributed by atoms with E-state index in [0.29, 0.717) is 33.7 Å². The lowest BCUT2D eigenvalue weighted by Crippen LogP contribution is -2.32. The quantitative estimate of drug-likeness (QED) is 0.363. The van der Waals surface area contributed by atoms with Crippen molar-refractivity contribution >= 4 is 44.5 Å². The molecule has 8 heteroatoms. The van der Waals surface area contributed by atoms with Crippen LogP contribution in [0.5, 0.6) is 17.2 Å². The van der Waals surface area contributed by atoms with Crippen molar-refractivity contribution < 1.29 is 19.0 Å². The maximum absolute atomic E-state index is 13.6. The molecule has 5 rings (SSSR count). The highest BCUT2D eigenvalue weighted by molar-refractivity contribution is 7.23. The smallest absolute Gasteiger partial charge is 0.284 e. The Bertz CT molecular complexity index is 1380. The summed E-state index contributed by atoms with van der Waals surface area (Å²) in [6.07, 6.45) is 1.76. The van der Waals surface area contributed by atoms with Gasteiger partial charge >= 0.3 is 0 Å². The average Bonchev–Trinajstić information content (AvgIpc) is 3.46. The summed E-state index contributed by atoms with van der Waals surface area (Å²) in [4.78, 5) is 24.7. The molecule has 1 aliphatic rings. The number of amidine groups is 1. The number of ether oxygens (including phenoxy) is 3. The van der Waals surface area contributed by atoms with E-state index in [1.54, 1.807) is 38.4 Å². The molecule has 1 aromatic heterocycles. The number of fused-ring (bicyclic) bond motifs is 1. The lowest BCUT2D eigenvalue weighted by molar-refractivity contribution is -0.113. The number of rotatable bonds is 6. The van der Waals surface area contributed by atoms with Gasteiger partial charge in [0.2, 0.25) is 0 Å². The largest absolute Gasteiger partial charge is 0.497 e. The van der Waals surface area contributed by atoms with Crippen molar-refractivity contribution in [3.63, 3.8) is 0 Å². The topological polar surface area (TPSA) is 73.2 Å². The number of nitrogens with zero attached hydrogens (tertiary/aromatic N) is 3. The molecule has 170 valence electrons. The van der Waals surface area contributed by atoms with Crippen LogP contribution in [0.1, 0.15) is 11.1 Å². The van der Waals surface area contributed by atoms with Crippen molar-refractivity contribution in [2.24, 2.45) is 4.99 Å². The first kappa shape index (κ1) is 21.7. The third kappa shape index (κ3) is 3.78. The van der Waals surface area contributed by atoms with Crippen LogP contribution >= 0.6 is 11.3 Å². The van der Waals surface area contributed by atoms with Gasteiger partial charge in [0.05, 0.1) is 21.3 Å². The average molecular weight is 472 g/mol. The number of hydrogen-bond donors (Lipinski definition) is 0. The number of methoxy groups -OCH3 is 3. The minimum atomic E-state index is -0.258. The summed E-state index contributed by atoms with van der Waals surface area (Å²) in [6, 6.07) is 20.7. The molecule has 0 fully saturated rings. The minimum Gasteiger partial charge on any atom is -0.497 e. The molecule has 0 N–H and O–H groups in total. The molecule has 1 aliphatic heterocycles. The summed E-state index contributed by atoms with van der Waals surface area (Å²) in [5.74, 6) is 2.27. The van der Waals surface area contributed by atoms with Crippen molar-refractivity contribution in [2.75, 3.05) is 26.2 Å². The zero-order chi connectivity index (χ0) is 23.7. The number of aliphatic imine (C=N–C) groups is 1. The van der Waals surface area contributed by atoms with Crippen LogP contribution in [0.15, 0.2) is 77.4 Å². The van der Waals surface area contributed by atoms with Crippen molar-refractivity contribution in [1.82, 2.24) is 4.98 Å². The van der Waals surface area contributed by atoms with Crippen molar-refractivity contribution in [2.45, 2.75) is 0 Å². The van der Waals surface area contributed by atoms with E-state index in [-0.39, 0.29) is 5.91 Å². The maximum Gasteiger partial charge on any atom is 0.284 e. The van der Waals surface area contributed by atoms with Crippen LogP contribution in [-0.2, 0) is 4.79 Å². The summed E-state index contributed by atoms with van der Waals surface area (Å²) >= 11 is 1.36. The Kier molecular flexibility index (Phi) is 5.73. The van der Waals surface area contributed by atoms with Crippen LogP contribution in [-0.4, -0.2) is 38.1 Å². The summed E-state index contributed by atoms with van der Waals surface area (Å²) < 4.78 is 17.0. The number of hydrogen-bond acceptors (Lipinski definition) is 7. The molecule has 7 nitrogen and oxygen atoms in total. The van der Waals surface area contributed by atoms with Gasteiger partial charge < -0.3 is 14.2 Å². The first-order chi connectivity index (χ1) is 16.6. The summed E-state index contributed by atoms with van der Waals surface area (Å²) in [6.45, 7) is 0. The van der Waals surface area contributed by atoms with Gasteiger partial charge in [-0.1, -0.05) is 53.8 Å². The highest BCUT2D eigenvalue weighted by Crippen LogP contribution is 2.41. The SMILES string of the molecule is COc1ccc(C=C2N=C(c3ccccc3)N(c3nc4c(OC)ccc(OC)c4s3)C2=O)cc1. The van der Waals surface area contributed by atoms with Crippen molar-refractivity contribution in [3.8, 4) is 17.2 Å². The molecule has 0 bridgehead atoms. The van der Waals surface area contributed by atoms with Crippen LogP contribution in [0.3, 0.4) is 0 Å².